The fourth-order valence-corrected chi connectivity index (χ4v) is 5.97. The maximum absolute atomic E-state index is 13.0. The summed E-state index contributed by atoms with van der Waals surface area (Å²) in [5, 5.41) is 0. The van der Waals surface area contributed by atoms with E-state index in [1.165, 1.54) is 54.5 Å². The molecular formula is C24H25N3O6S2. The van der Waals surface area contributed by atoms with Gasteiger partial charge in [0.2, 0.25) is 5.91 Å². The highest BCUT2D eigenvalue weighted by Crippen LogP contribution is 2.34. The Morgan fingerprint density at radius 2 is 1.51 bits per heavy atom. The first-order valence-corrected chi connectivity index (χ1v) is 13.8. The van der Waals surface area contributed by atoms with Crippen molar-refractivity contribution < 1.29 is 26.4 Å². The van der Waals surface area contributed by atoms with Gasteiger partial charge in [0, 0.05) is 18.7 Å². The van der Waals surface area contributed by atoms with E-state index in [0.717, 1.165) is 5.56 Å². The second kappa shape index (κ2) is 9.59. The number of carbonyl (C=O) groups excluding carboxylic acids is 1. The minimum Gasteiger partial charge on any atom is -0.495 e. The maximum Gasteiger partial charge on any atom is 0.261 e. The van der Waals surface area contributed by atoms with Crippen molar-refractivity contribution in [3.05, 3.63) is 72.3 Å². The minimum absolute atomic E-state index is 0.0111. The molecular weight excluding hydrogens is 490 g/mol. The van der Waals surface area contributed by atoms with Crippen molar-refractivity contribution in [2.24, 2.45) is 0 Å². The van der Waals surface area contributed by atoms with E-state index in [9.17, 15) is 21.6 Å². The number of nitrogens with one attached hydrogen (secondary N) is 2. The average Bonchev–Trinajstić information content (AvgIpc) is 3.25. The number of aryl methyl sites for hydroxylation is 1. The topological polar surface area (TPSA) is 122 Å². The fourth-order valence-electron chi connectivity index (χ4n) is 3.76. The van der Waals surface area contributed by atoms with Gasteiger partial charge in [0.15, 0.2) is 0 Å². The summed E-state index contributed by atoms with van der Waals surface area (Å²) >= 11 is 0. The van der Waals surface area contributed by atoms with Crippen LogP contribution in [0.1, 0.15) is 18.4 Å². The summed E-state index contributed by atoms with van der Waals surface area (Å²) in [7, 11) is -6.42. The van der Waals surface area contributed by atoms with Gasteiger partial charge in [-0.05, 0) is 67.4 Å². The van der Waals surface area contributed by atoms with Gasteiger partial charge in [0.25, 0.3) is 20.0 Å². The van der Waals surface area contributed by atoms with Gasteiger partial charge in [-0.25, -0.2) is 16.8 Å². The number of benzene rings is 3. The predicted octanol–water partition coefficient (Wildman–Crippen LogP) is 3.73. The number of para-hydroxylation sites is 1. The molecule has 35 heavy (non-hydrogen) atoms. The molecule has 0 unspecified atom stereocenters. The Balaban J connectivity index is 1.55. The van der Waals surface area contributed by atoms with Gasteiger partial charge < -0.3 is 9.64 Å². The molecule has 0 spiro atoms. The van der Waals surface area contributed by atoms with Crippen LogP contribution in [0.5, 0.6) is 5.75 Å². The van der Waals surface area contributed by atoms with E-state index < -0.39 is 20.0 Å². The first-order valence-electron chi connectivity index (χ1n) is 10.8. The highest BCUT2D eigenvalue weighted by atomic mass is 32.2. The molecule has 1 heterocycles. The molecule has 1 amide bonds. The Morgan fingerprint density at radius 1 is 0.857 bits per heavy atom. The molecule has 9 nitrogen and oxygen atoms in total. The van der Waals surface area contributed by atoms with Gasteiger partial charge in [0.1, 0.15) is 5.75 Å². The van der Waals surface area contributed by atoms with Gasteiger partial charge in [-0.15, -0.1) is 0 Å². The van der Waals surface area contributed by atoms with Crippen molar-refractivity contribution in [2.75, 3.05) is 28.0 Å². The van der Waals surface area contributed by atoms with Crippen LogP contribution in [0.3, 0.4) is 0 Å². The quantitative estimate of drug-likeness (QED) is 0.471. The summed E-state index contributed by atoms with van der Waals surface area (Å²) in [5.74, 6) is 0.303. The SMILES string of the molecule is COc1ccc(S(=O)(=O)Nc2ccc(S(=O)(=O)Nc3ccccc3C)cc2)cc1N1CCCC1=O. The molecule has 0 saturated carbocycles. The smallest absolute Gasteiger partial charge is 0.261 e. The molecule has 0 radical (unpaired) electrons. The predicted molar refractivity (Wildman–Crippen MR) is 134 cm³/mol. The average molecular weight is 516 g/mol. The first-order chi connectivity index (χ1) is 16.6. The number of amides is 1. The van der Waals surface area contributed by atoms with Gasteiger partial charge in [-0.1, -0.05) is 18.2 Å². The van der Waals surface area contributed by atoms with E-state index in [2.05, 4.69) is 9.44 Å². The van der Waals surface area contributed by atoms with Crippen LogP contribution in [0, 0.1) is 6.92 Å². The van der Waals surface area contributed by atoms with Crippen LogP contribution >= 0.6 is 0 Å². The summed E-state index contributed by atoms with van der Waals surface area (Å²) in [6.45, 7) is 2.28. The van der Waals surface area contributed by atoms with E-state index in [0.29, 0.717) is 36.5 Å². The number of hydrogen-bond donors (Lipinski definition) is 2. The summed E-state index contributed by atoms with van der Waals surface area (Å²) in [4.78, 5) is 13.6. The lowest BCUT2D eigenvalue weighted by Gasteiger charge is -2.20. The van der Waals surface area contributed by atoms with Crippen LogP contribution in [0.4, 0.5) is 17.1 Å². The largest absolute Gasteiger partial charge is 0.495 e. The Hall–Kier alpha value is -3.57. The molecule has 11 heteroatoms. The monoisotopic (exact) mass is 515 g/mol. The van der Waals surface area contributed by atoms with Crippen LogP contribution in [-0.4, -0.2) is 36.4 Å². The van der Waals surface area contributed by atoms with Crippen LogP contribution < -0.4 is 19.1 Å². The number of hydrogen-bond acceptors (Lipinski definition) is 6. The molecule has 3 aromatic carbocycles. The molecule has 0 aromatic heterocycles. The van der Waals surface area contributed by atoms with Crippen molar-refractivity contribution in [1.82, 2.24) is 0 Å². The number of ether oxygens (including phenoxy) is 1. The zero-order chi connectivity index (χ0) is 25.2. The maximum atomic E-state index is 13.0. The molecule has 1 saturated heterocycles. The van der Waals surface area contributed by atoms with Gasteiger partial charge in [-0.2, -0.15) is 0 Å². The Kier molecular flexibility index (Phi) is 6.73. The van der Waals surface area contributed by atoms with Crippen molar-refractivity contribution in [2.45, 2.75) is 29.6 Å². The normalized spacial score (nSPS) is 14.1. The van der Waals surface area contributed by atoms with Crippen LogP contribution in [0.15, 0.2) is 76.5 Å². The lowest BCUT2D eigenvalue weighted by molar-refractivity contribution is -0.117. The second-order valence-corrected chi connectivity index (χ2v) is 11.4. The molecule has 1 aliphatic rings. The van der Waals surface area contributed by atoms with E-state index in [1.54, 1.807) is 25.1 Å². The van der Waals surface area contributed by atoms with Gasteiger partial charge >= 0.3 is 0 Å². The van der Waals surface area contributed by atoms with Gasteiger partial charge in [0.05, 0.1) is 28.3 Å². The van der Waals surface area contributed by atoms with E-state index >= 15 is 0 Å². The number of anilines is 3. The molecule has 1 fully saturated rings. The summed E-state index contributed by atoms with van der Waals surface area (Å²) in [6, 6.07) is 16.7. The number of rotatable bonds is 8. The zero-order valence-electron chi connectivity index (χ0n) is 19.2. The number of sulfonamides is 2. The molecule has 4 rings (SSSR count). The standard InChI is InChI=1S/C24H25N3O6S2/c1-17-6-3-4-7-21(17)26-34(29,30)19-11-9-18(10-12-19)25-35(31,32)20-13-14-23(33-2)22(16-20)27-15-5-8-24(27)28/h3-4,6-7,9-14,16,25-26H,5,8,15H2,1-2H3. The number of carbonyl (C=O) groups is 1. The molecule has 184 valence electrons. The number of methoxy groups -OCH3 is 1. The highest BCUT2D eigenvalue weighted by Gasteiger charge is 2.27. The summed E-state index contributed by atoms with van der Waals surface area (Å²) < 4.78 is 61.8. The van der Waals surface area contributed by atoms with E-state index in [-0.39, 0.29) is 21.4 Å². The van der Waals surface area contributed by atoms with E-state index in [4.69, 9.17) is 4.74 Å². The first kappa shape index (κ1) is 24.6. The third kappa shape index (κ3) is 5.25. The Labute approximate surface area is 204 Å². The summed E-state index contributed by atoms with van der Waals surface area (Å²) in [5.41, 5.74) is 1.81. The van der Waals surface area contributed by atoms with Crippen LogP contribution in [-0.2, 0) is 24.8 Å². The minimum atomic E-state index is -4.02. The molecule has 0 bridgehead atoms. The lowest BCUT2D eigenvalue weighted by Crippen LogP contribution is -2.25. The van der Waals surface area contributed by atoms with Crippen LogP contribution in [0.25, 0.3) is 0 Å². The third-order valence-corrected chi connectivity index (χ3v) is 8.39. The molecule has 2 N–H and O–H groups in total. The van der Waals surface area contributed by atoms with Crippen molar-refractivity contribution >= 4 is 43.0 Å². The van der Waals surface area contributed by atoms with Crippen molar-refractivity contribution in [3.8, 4) is 5.75 Å². The molecule has 3 aromatic rings. The number of nitrogens with zero attached hydrogens (tertiary/aromatic N) is 1. The molecule has 0 atom stereocenters. The van der Waals surface area contributed by atoms with Crippen molar-refractivity contribution in [1.29, 1.82) is 0 Å². The van der Waals surface area contributed by atoms with Crippen molar-refractivity contribution in [3.63, 3.8) is 0 Å². The van der Waals surface area contributed by atoms with Crippen LogP contribution in [0.2, 0.25) is 0 Å². The highest BCUT2D eigenvalue weighted by molar-refractivity contribution is 7.93. The zero-order valence-corrected chi connectivity index (χ0v) is 20.8. The Bertz CT molecular complexity index is 1470. The lowest BCUT2D eigenvalue weighted by atomic mass is 10.2. The second-order valence-electron chi connectivity index (χ2n) is 8.03. The Morgan fingerprint density at radius 3 is 2.14 bits per heavy atom. The third-order valence-electron chi connectivity index (χ3n) is 5.63. The molecule has 1 aliphatic heterocycles. The van der Waals surface area contributed by atoms with Gasteiger partial charge in [-0.3, -0.25) is 14.2 Å². The summed E-state index contributed by atoms with van der Waals surface area (Å²) in [6.07, 6.45) is 1.08. The molecule has 0 aliphatic carbocycles. The van der Waals surface area contributed by atoms with E-state index in [1.807, 2.05) is 6.07 Å². The fraction of sp³-hybridized carbons (Fsp3) is 0.208.